The predicted octanol–water partition coefficient (Wildman–Crippen LogP) is 10.6. The second-order valence-corrected chi connectivity index (χ2v) is 11.3. The highest BCUT2D eigenvalue weighted by Crippen LogP contribution is 2.45. The number of unbranched alkanes of at least 4 members (excludes halogenated alkanes) is 17. The lowest BCUT2D eigenvalue weighted by molar-refractivity contribution is 0.434. The molecule has 3 atom stereocenters. The van der Waals surface area contributed by atoms with Gasteiger partial charge in [-0.05, 0) is 38.1 Å². The van der Waals surface area contributed by atoms with Crippen LogP contribution < -0.4 is 5.32 Å². The molecule has 0 aliphatic heterocycles. The first-order chi connectivity index (χ1) is 15.8. The van der Waals surface area contributed by atoms with Crippen LogP contribution >= 0.6 is 0 Å². The molecule has 0 spiro atoms. The van der Waals surface area contributed by atoms with E-state index < -0.39 is 0 Å². The molecule has 1 saturated carbocycles. The van der Waals surface area contributed by atoms with Crippen LogP contribution in [0.25, 0.3) is 0 Å². The third kappa shape index (κ3) is 18.4. The van der Waals surface area contributed by atoms with Crippen LogP contribution in [-0.2, 0) is 0 Å². The summed E-state index contributed by atoms with van der Waals surface area (Å²) in [5, 5.41) is 3.58. The topological polar surface area (TPSA) is 12.0 Å². The average molecular weight is 450 g/mol. The van der Waals surface area contributed by atoms with Crippen molar-refractivity contribution in [2.45, 2.75) is 180 Å². The Balaban J connectivity index is 1.78. The SMILES string of the molecule is CCCCCCCCCC(CCCCCCCCC[C@H]1C[C@H]1CCCCCCCC)NC. The van der Waals surface area contributed by atoms with Gasteiger partial charge in [-0.25, -0.2) is 0 Å². The molecule has 1 N–H and O–H groups in total. The standard InChI is InChI=1S/C31H63N/c1-4-6-8-10-13-18-22-26-31(32-3)27-23-19-15-12-14-17-21-25-30-28-29(30)24-20-16-11-9-7-5-2/h29-32H,4-28H2,1-3H3/t29-,30+,31?/m1/s1. The largest absolute Gasteiger partial charge is 0.317 e. The average Bonchev–Trinajstić information content (AvgIpc) is 3.56. The Kier molecular flexibility index (Phi) is 21.3. The number of rotatable bonds is 26. The Morgan fingerprint density at radius 3 is 1.22 bits per heavy atom. The van der Waals surface area contributed by atoms with E-state index in [1.165, 1.54) is 141 Å². The van der Waals surface area contributed by atoms with Crippen molar-refractivity contribution in [2.24, 2.45) is 11.8 Å². The smallest absolute Gasteiger partial charge is 0.00640 e. The lowest BCUT2D eigenvalue weighted by Crippen LogP contribution is -2.24. The summed E-state index contributed by atoms with van der Waals surface area (Å²) in [6.45, 7) is 4.62. The molecule has 0 bridgehead atoms. The molecule has 0 saturated heterocycles. The highest BCUT2D eigenvalue weighted by molar-refractivity contribution is 4.85. The molecule has 0 aromatic heterocycles. The fraction of sp³-hybridized carbons (Fsp3) is 1.00. The van der Waals surface area contributed by atoms with Gasteiger partial charge in [-0.2, -0.15) is 0 Å². The van der Waals surface area contributed by atoms with E-state index in [-0.39, 0.29) is 0 Å². The van der Waals surface area contributed by atoms with Gasteiger partial charge in [-0.1, -0.05) is 155 Å². The lowest BCUT2D eigenvalue weighted by Gasteiger charge is -2.16. The monoisotopic (exact) mass is 449 g/mol. The Labute approximate surface area is 204 Å². The molecule has 32 heavy (non-hydrogen) atoms. The molecule has 1 aliphatic rings. The molecule has 1 aliphatic carbocycles. The van der Waals surface area contributed by atoms with Crippen LogP contribution in [0.3, 0.4) is 0 Å². The van der Waals surface area contributed by atoms with E-state index in [0.717, 1.165) is 17.9 Å². The van der Waals surface area contributed by atoms with Crippen LogP contribution in [0.4, 0.5) is 0 Å². The fourth-order valence-electron chi connectivity index (χ4n) is 5.67. The van der Waals surface area contributed by atoms with E-state index in [1.807, 2.05) is 0 Å². The second-order valence-electron chi connectivity index (χ2n) is 11.3. The van der Waals surface area contributed by atoms with Gasteiger partial charge >= 0.3 is 0 Å². The van der Waals surface area contributed by atoms with Crippen molar-refractivity contribution >= 4 is 0 Å². The second kappa shape index (κ2) is 22.7. The highest BCUT2D eigenvalue weighted by atomic mass is 14.9. The van der Waals surface area contributed by atoms with Crippen LogP contribution in [0.1, 0.15) is 174 Å². The molecule has 1 unspecified atom stereocenters. The first-order valence-corrected chi connectivity index (χ1v) is 15.5. The van der Waals surface area contributed by atoms with Crippen molar-refractivity contribution in [1.82, 2.24) is 5.32 Å². The van der Waals surface area contributed by atoms with E-state index in [0.29, 0.717) is 0 Å². The van der Waals surface area contributed by atoms with Gasteiger partial charge in [0.25, 0.3) is 0 Å². The molecule has 0 aromatic carbocycles. The highest BCUT2D eigenvalue weighted by Gasteiger charge is 2.34. The van der Waals surface area contributed by atoms with Gasteiger partial charge in [0.05, 0.1) is 0 Å². The molecule has 1 heteroatoms. The minimum Gasteiger partial charge on any atom is -0.317 e. The van der Waals surface area contributed by atoms with E-state index >= 15 is 0 Å². The zero-order valence-electron chi connectivity index (χ0n) is 22.9. The summed E-state index contributed by atoms with van der Waals surface area (Å²) >= 11 is 0. The molecule has 1 nitrogen and oxygen atoms in total. The summed E-state index contributed by atoms with van der Waals surface area (Å²) < 4.78 is 0. The third-order valence-electron chi connectivity index (χ3n) is 8.19. The maximum Gasteiger partial charge on any atom is 0.00640 e. The first kappa shape index (κ1) is 30.0. The molecular weight excluding hydrogens is 386 g/mol. The van der Waals surface area contributed by atoms with Crippen LogP contribution in [-0.4, -0.2) is 13.1 Å². The van der Waals surface area contributed by atoms with Gasteiger partial charge in [-0.3, -0.25) is 0 Å². The Morgan fingerprint density at radius 1 is 0.500 bits per heavy atom. The number of nitrogens with one attached hydrogen (secondary N) is 1. The molecular formula is C31H63N. The molecule has 0 amide bonds. The quantitative estimate of drug-likeness (QED) is 0.129. The van der Waals surface area contributed by atoms with E-state index in [2.05, 4.69) is 26.2 Å². The molecule has 0 heterocycles. The van der Waals surface area contributed by atoms with Crippen LogP contribution in [0, 0.1) is 11.8 Å². The van der Waals surface area contributed by atoms with E-state index in [1.54, 1.807) is 19.3 Å². The summed E-state index contributed by atoms with van der Waals surface area (Å²) in [5.41, 5.74) is 0. The summed E-state index contributed by atoms with van der Waals surface area (Å²) in [7, 11) is 2.17. The zero-order valence-corrected chi connectivity index (χ0v) is 22.9. The lowest BCUT2D eigenvalue weighted by atomic mass is 9.99. The number of hydrogen-bond donors (Lipinski definition) is 1. The molecule has 0 radical (unpaired) electrons. The van der Waals surface area contributed by atoms with Crippen molar-refractivity contribution in [2.75, 3.05) is 7.05 Å². The molecule has 192 valence electrons. The van der Waals surface area contributed by atoms with Gasteiger partial charge in [-0.15, -0.1) is 0 Å². The summed E-state index contributed by atoms with van der Waals surface area (Å²) in [6.07, 6.45) is 36.6. The molecule has 0 aromatic rings. The van der Waals surface area contributed by atoms with Crippen LogP contribution in [0.5, 0.6) is 0 Å². The van der Waals surface area contributed by atoms with Gasteiger partial charge < -0.3 is 5.32 Å². The predicted molar refractivity (Wildman–Crippen MR) is 147 cm³/mol. The third-order valence-corrected chi connectivity index (χ3v) is 8.19. The van der Waals surface area contributed by atoms with Gasteiger partial charge in [0, 0.05) is 6.04 Å². The zero-order chi connectivity index (χ0) is 23.1. The van der Waals surface area contributed by atoms with Gasteiger partial charge in [0.15, 0.2) is 0 Å². The molecule has 1 rings (SSSR count). The van der Waals surface area contributed by atoms with Crippen molar-refractivity contribution in [3.63, 3.8) is 0 Å². The molecule has 1 fully saturated rings. The number of hydrogen-bond acceptors (Lipinski definition) is 1. The Morgan fingerprint density at radius 2 is 0.844 bits per heavy atom. The normalized spacial score (nSPS) is 18.8. The first-order valence-electron chi connectivity index (χ1n) is 15.5. The van der Waals surface area contributed by atoms with Crippen molar-refractivity contribution in [3.05, 3.63) is 0 Å². The van der Waals surface area contributed by atoms with Crippen LogP contribution in [0.2, 0.25) is 0 Å². The van der Waals surface area contributed by atoms with Gasteiger partial charge in [0.2, 0.25) is 0 Å². The maximum atomic E-state index is 3.58. The summed E-state index contributed by atoms with van der Waals surface area (Å²) in [6, 6.07) is 0.772. The Hall–Kier alpha value is -0.0400. The van der Waals surface area contributed by atoms with E-state index in [4.69, 9.17) is 0 Å². The fourth-order valence-corrected chi connectivity index (χ4v) is 5.67. The van der Waals surface area contributed by atoms with Gasteiger partial charge in [0.1, 0.15) is 0 Å². The van der Waals surface area contributed by atoms with Crippen LogP contribution in [0.15, 0.2) is 0 Å². The van der Waals surface area contributed by atoms with Crippen molar-refractivity contribution in [3.8, 4) is 0 Å². The van der Waals surface area contributed by atoms with Crippen molar-refractivity contribution < 1.29 is 0 Å². The summed E-state index contributed by atoms with van der Waals surface area (Å²) in [5.74, 6) is 2.25. The minimum absolute atomic E-state index is 0.772. The van der Waals surface area contributed by atoms with Crippen molar-refractivity contribution in [1.29, 1.82) is 0 Å². The van der Waals surface area contributed by atoms with E-state index in [9.17, 15) is 0 Å². The maximum absolute atomic E-state index is 3.58. The minimum atomic E-state index is 0.772. The summed E-state index contributed by atoms with van der Waals surface area (Å²) in [4.78, 5) is 0. The Bertz CT molecular complexity index is 365.